The lowest BCUT2D eigenvalue weighted by Crippen LogP contribution is -2.17. The number of rotatable bonds is 9. The minimum Gasteiger partial charge on any atom is -0.497 e. The second-order valence-corrected chi connectivity index (χ2v) is 33.1. The largest absolute Gasteiger partial charge is 0.573 e. The Hall–Kier alpha value is -6.07. The molecule has 89 heavy (non-hydrogen) atoms. The molecule has 0 aliphatic rings. The lowest BCUT2D eigenvalue weighted by Gasteiger charge is -2.18. The fourth-order valence-electron chi connectivity index (χ4n) is 9.72. The molecule has 0 amide bonds. The first-order chi connectivity index (χ1) is 40.5. The highest BCUT2D eigenvalue weighted by molar-refractivity contribution is 5.30. The smallest absolute Gasteiger partial charge is 0.497 e. The fraction of sp³-hybridized carbons (Fsp3) is 0.500. The summed E-state index contributed by atoms with van der Waals surface area (Å²) in [6.07, 6.45) is 3.11. The second kappa shape index (κ2) is 36.7. The highest BCUT2D eigenvalue weighted by Gasteiger charge is 2.31. The van der Waals surface area contributed by atoms with Gasteiger partial charge in [-0.1, -0.05) is 319 Å². The number of aryl methyl sites for hydroxylation is 5. The van der Waals surface area contributed by atoms with Crippen LogP contribution in [0.5, 0.6) is 11.5 Å². The number of ether oxygens (including phenoxy) is 2. The van der Waals surface area contributed by atoms with Crippen molar-refractivity contribution in [2.45, 2.75) is 231 Å². The third kappa shape index (κ3) is 46.6. The Labute approximate surface area is 544 Å². The normalized spacial score (nSPS) is 11.8. The van der Waals surface area contributed by atoms with Gasteiger partial charge >= 0.3 is 6.36 Å². The van der Waals surface area contributed by atoms with Gasteiger partial charge in [-0.2, -0.15) is 0 Å². The maximum Gasteiger partial charge on any atom is 0.573 e. The zero-order valence-electron chi connectivity index (χ0n) is 61.1. The van der Waals surface area contributed by atoms with E-state index in [4.69, 9.17) is 4.74 Å². The zero-order chi connectivity index (χ0) is 68.2. The highest BCUT2D eigenvalue weighted by atomic mass is 19.4. The first kappa shape index (κ1) is 80.9. The quantitative estimate of drug-likeness (QED) is 0.143. The van der Waals surface area contributed by atoms with E-state index in [-0.39, 0.29) is 11.2 Å². The maximum atomic E-state index is 11.9. The van der Waals surface area contributed by atoms with Crippen LogP contribution in [0.1, 0.15) is 212 Å². The number of hydrogen-bond acceptors (Lipinski definition) is 2. The van der Waals surface area contributed by atoms with Crippen molar-refractivity contribution in [1.29, 1.82) is 0 Å². The Kier molecular flexibility index (Phi) is 33.4. The molecule has 0 N–H and O–H groups in total. The SMILES string of the molecule is CC(C)(C)Cc1ccc(OC(F)(F)F)cc1.COc1ccc(CC(C)(C)C)cc1.Cc1ccc(CC(C)(C)C)cc1.Cc1ccc(CC(C)(C)C)cc1.Cc1cccc(CC(C)(C)C)c1.Cc1cccc(CC(C)(C)C)c1.Cc1cccc(CC(C)(C)C)c1. The molecule has 0 fully saturated rings. The van der Waals surface area contributed by atoms with Gasteiger partial charge in [0.15, 0.2) is 0 Å². The van der Waals surface area contributed by atoms with Crippen molar-refractivity contribution in [2.24, 2.45) is 37.9 Å². The summed E-state index contributed by atoms with van der Waals surface area (Å²) in [6.45, 7) is 57.7. The van der Waals surface area contributed by atoms with Gasteiger partial charge in [-0.05, 0) is 181 Å². The van der Waals surface area contributed by atoms with Crippen LogP contribution in [0.3, 0.4) is 0 Å². The topological polar surface area (TPSA) is 18.5 Å². The van der Waals surface area contributed by atoms with Gasteiger partial charge in [0.25, 0.3) is 0 Å². The Morgan fingerprint density at radius 3 is 0.640 bits per heavy atom. The molecule has 0 saturated heterocycles. The highest BCUT2D eigenvalue weighted by Crippen LogP contribution is 2.28. The van der Waals surface area contributed by atoms with Crippen LogP contribution in [0.25, 0.3) is 0 Å². The summed E-state index contributed by atoms with van der Waals surface area (Å²) in [7, 11) is 1.69. The standard InChI is InChI=1S/C12H15F3O.C12H18O.5C12H18/c1-11(2,3)8-9-4-6-10(7-5-9)16-12(13,14)15;1-12(2,3)9-10-5-7-11(13-4)8-6-10;2*1-10-5-7-11(8-6-10)9-12(2,3)4;3*1-10-6-5-7-11(8-10)9-12(2,3)4/h4-7H,8H2,1-3H3;5-8H,9H2,1-4H3;5*5-8H,9H2,1-4H3. The second-order valence-electron chi connectivity index (χ2n) is 33.1. The van der Waals surface area contributed by atoms with Gasteiger partial charge in [0.05, 0.1) is 7.11 Å². The van der Waals surface area contributed by atoms with Gasteiger partial charge < -0.3 is 9.47 Å². The van der Waals surface area contributed by atoms with Crippen LogP contribution in [-0.4, -0.2) is 13.5 Å². The van der Waals surface area contributed by atoms with Gasteiger partial charge in [0.2, 0.25) is 0 Å². The molecule has 0 saturated carbocycles. The molecule has 492 valence electrons. The number of alkyl halides is 3. The number of benzene rings is 7. The Morgan fingerprint density at radius 2 is 0.449 bits per heavy atom. The molecule has 0 unspecified atom stereocenters. The van der Waals surface area contributed by atoms with Crippen LogP contribution in [0.15, 0.2) is 170 Å². The zero-order valence-corrected chi connectivity index (χ0v) is 61.1. The third-order valence-electron chi connectivity index (χ3n) is 12.9. The molecule has 0 radical (unpaired) electrons. The lowest BCUT2D eigenvalue weighted by atomic mass is 9.88. The van der Waals surface area contributed by atoms with Crippen LogP contribution in [0.4, 0.5) is 13.2 Å². The molecule has 2 nitrogen and oxygen atoms in total. The predicted octanol–water partition coefficient (Wildman–Crippen LogP) is 25.4. The van der Waals surface area contributed by atoms with Crippen molar-refractivity contribution in [1.82, 2.24) is 0 Å². The first-order valence-corrected chi connectivity index (χ1v) is 32.3. The minimum absolute atomic E-state index is 0.117. The summed E-state index contributed by atoms with van der Waals surface area (Å²) in [6, 6.07) is 58.2. The average Bonchev–Trinajstić information content (AvgIpc) is 3.44. The fourth-order valence-corrected chi connectivity index (χ4v) is 9.72. The molecule has 7 aromatic carbocycles. The van der Waals surface area contributed by atoms with E-state index in [0.717, 1.165) is 56.3 Å². The summed E-state index contributed by atoms with van der Waals surface area (Å²) in [5.41, 5.74) is 18.8. The summed E-state index contributed by atoms with van der Waals surface area (Å²) in [5, 5.41) is 0. The van der Waals surface area contributed by atoms with E-state index in [9.17, 15) is 13.2 Å². The van der Waals surface area contributed by atoms with Gasteiger partial charge in [-0.3, -0.25) is 0 Å². The van der Waals surface area contributed by atoms with Gasteiger partial charge in [0, 0.05) is 0 Å². The summed E-state index contributed by atoms with van der Waals surface area (Å²) >= 11 is 0. The van der Waals surface area contributed by atoms with Crippen LogP contribution < -0.4 is 9.47 Å². The van der Waals surface area contributed by atoms with Crippen molar-refractivity contribution >= 4 is 0 Å². The van der Waals surface area contributed by atoms with Crippen LogP contribution in [0, 0.1) is 72.5 Å². The van der Waals surface area contributed by atoms with Gasteiger partial charge in [-0.15, -0.1) is 13.2 Å². The molecule has 0 heterocycles. The van der Waals surface area contributed by atoms with Crippen LogP contribution >= 0.6 is 0 Å². The van der Waals surface area contributed by atoms with Gasteiger partial charge in [0.1, 0.15) is 11.5 Å². The van der Waals surface area contributed by atoms with Gasteiger partial charge in [-0.25, -0.2) is 0 Å². The Bertz CT molecular complexity index is 2770. The van der Waals surface area contributed by atoms with Crippen molar-refractivity contribution in [2.75, 3.05) is 7.11 Å². The van der Waals surface area contributed by atoms with E-state index in [1.54, 1.807) is 19.2 Å². The van der Waals surface area contributed by atoms with E-state index >= 15 is 0 Å². The van der Waals surface area contributed by atoms with E-state index in [2.05, 4.69) is 318 Å². The molecule has 7 aromatic rings. The molecule has 7 rings (SSSR count). The Morgan fingerprint density at radius 1 is 0.247 bits per heavy atom. The summed E-state index contributed by atoms with van der Waals surface area (Å²) in [5.74, 6) is 0.753. The molecule has 0 bridgehead atoms. The Balaban J connectivity index is 0.000000520. The monoisotopic (exact) mass is 1220 g/mol. The minimum atomic E-state index is -4.62. The first-order valence-electron chi connectivity index (χ1n) is 32.3. The predicted molar refractivity (Wildman–Crippen MR) is 384 cm³/mol. The number of hydrogen-bond donors (Lipinski definition) is 0. The summed E-state index contributed by atoms with van der Waals surface area (Å²) < 4.78 is 44.6. The van der Waals surface area contributed by atoms with E-state index in [1.165, 1.54) is 73.3 Å². The van der Waals surface area contributed by atoms with Crippen molar-refractivity contribution in [3.8, 4) is 11.5 Å². The van der Waals surface area contributed by atoms with Crippen molar-refractivity contribution in [3.05, 3.63) is 237 Å². The number of halogens is 3. The van der Waals surface area contributed by atoms with E-state index in [0.29, 0.717) is 32.5 Å². The lowest BCUT2D eigenvalue weighted by molar-refractivity contribution is -0.274. The van der Waals surface area contributed by atoms with Crippen LogP contribution in [0.2, 0.25) is 0 Å². The van der Waals surface area contributed by atoms with Crippen molar-refractivity contribution < 1.29 is 22.6 Å². The molecule has 0 aliphatic carbocycles. The maximum absolute atomic E-state index is 11.9. The summed E-state index contributed by atoms with van der Waals surface area (Å²) in [4.78, 5) is 0. The van der Waals surface area contributed by atoms with E-state index in [1.807, 2.05) is 12.1 Å². The van der Waals surface area contributed by atoms with E-state index < -0.39 is 6.36 Å². The third-order valence-corrected chi connectivity index (χ3v) is 12.9. The van der Waals surface area contributed by atoms with Crippen molar-refractivity contribution in [3.63, 3.8) is 0 Å². The average molecular weight is 1220 g/mol. The molecular formula is C84H123F3O2. The molecule has 0 atom stereocenters. The molecule has 0 aliphatic heterocycles. The molecular weight excluding hydrogens is 1100 g/mol. The van der Waals surface area contributed by atoms with Crippen LogP contribution in [-0.2, 0) is 44.9 Å². The molecule has 0 aromatic heterocycles. The number of methoxy groups -OCH3 is 1. The molecule has 5 heteroatoms. The molecule has 0 spiro atoms.